The van der Waals surface area contributed by atoms with Crippen molar-refractivity contribution in [1.82, 2.24) is 0 Å². The number of ether oxygens (including phenoxy) is 1. The van der Waals surface area contributed by atoms with Gasteiger partial charge in [-0.1, -0.05) is 41.0 Å². The Kier molecular flexibility index (Phi) is 6.19. The minimum absolute atomic E-state index is 0.0875. The fourth-order valence-electron chi connectivity index (χ4n) is 4.68. The Morgan fingerprint density at radius 2 is 1.61 bits per heavy atom. The lowest BCUT2D eigenvalue weighted by Gasteiger charge is -2.41. The summed E-state index contributed by atoms with van der Waals surface area (Å²) in [5.74, 6) is 3.45. The van der Waals surface area contributed by atoms with Crippen LogP contribution in [0.5, 0.6) is 0 Å². The zero-order valence-corrected chi connectivity index (χ0v) is 16.2. The molecule has 0 radical (unpaired) electrons. The number of carbonyl (C=O) groups is 1. The van der Waals surface area contributed by atoms with E-state index in [9.17, 15) is 4.79 Å². The van der Waals surface area contributed by atoms with Gasteiger partial charge in [0.05, 0.1) is 5.41 Å². The van der Waals surface area contributed by atoms with Gasteiger partial charge >= 0.3 is 5.97 Å². The van der Waals surface area contributed by atoms with E-state index in [2.05, 4.69) is 41.5 Å². The molecule has 2 aliphatic rings. The summed E-state index contributed by atoms with van der Waals surface area (Å²) in [7, 11) is 0. The third-order valence-electron chi connectivity index (χ3n) is 6.79. The van der Waals surface area contributed by atoms with E-state index in [-0.39, 0.29) is 17.5 Å². The van der Waals surface area contributed by atoms with Gasteiger partial charge < -0.3 is 4.74 Å². The lowest BCUT2D eigenvalue weighted by molar-refractivity contribution is -0.170. The maximum atomic E-state index is 12.9. The average molecular weight is 323 g/mol. The van der Waals surface area contributed by atoms with Gasteiger partial charge in [-0.05, 0) is 75.0 Å². The van der Waals surface area contributed by atoms with Crippen LogP contribution in [0.25, 0.3) is 0 Å². The zero-order valence-electron chi connectivity index (χ0n) is 16.2. The van der Waals surface area contributed by atoms with Crippen LogP contribution in [-0.2, 0) is 9.53 Å². The first kappa shape index (κ1) is 18.8. The van der Waals surface area contributed by atoms with Gasteiger partial charge in [-0.25, -0.2) is 0 Å². The van der Waals surface area contributed by atoms with Crippen molar-refractivity contribution in [2.24, 2.45) is 35.0 Å². The molecule has 0 aromatic rings. The van der Waals surface area contributed by atoms with Crippen LogP contribution in [0, 0.1) is 35.0 Å². The maximum Gasteiger partial charge on any atom is 0.312 e. The molecule has 0 spiro atoms. The Hall–Kier alpha value is -0.530. The van der Waals surface area contributed by atoms with Gasteiger partial charge in [0.15, 0.2) is 0 Å². The van der Waals surface area contributed by atoms with Crippen molar-refractivity contribution in [1.29, 1.82) is 0 Å². The molecule has 0 aromatic carbocycles. The highest BCUT2D eigenvalue weighted by Crippen LogP contribution is 2.43. The summed E-state index contributed by atoms with van der Waals surface area (Å²) >= 11 is 0. The van der Waals surface area contributed by atoms with Gasteiger partial charge in [0.25, 0.3) is 0 Å². The summed E-state index contributed by atoms with van der Waals surface area (Å²) in [5, 5.41) is 0. The molecule has 23 heavy (non-hydrogen) atoms. The Labute approximate surface area is 143 Å². The number of hydrogen-bond donors (Lipinski definition) is 0. The van der Waals surface area contributed by atoms with E-state index in [0.29, 0.717) is 17.8 Å². The fraction of sp³-hybridized carbons (Fsp3) is 0.952. The summed E-state index contributed by atoms with van der Waals surface area (Å²) in [4.78, 5) is 12.9. The van der Waals surface area contributed by atoms with Crippen molar-refractivity contribution in [3.63, 3.8) is 0 Å². The molecular weight excluding hydrogens is 284 g/mol. The van der Waals surface area contributed by atoms with Crippen LogP contribution in [0.1, 0.15) is 86.5 Å². The molecule has 0 N–H and O–H groups in total. The second-order valence-electron chi connectivity index (χ2n) is 9.41. The molecule has 0 aliphatic heterocycles. The van der Waals surface area contributed by atoms with Crippen molar-refractivity contribution < 1.29 is 9.53 Å². The van der Waals surface area contributed by atoms with E-state index in [1.54, 1.807) is 0 Å². The largest absolute Gasteiger partial charge is 0.462 e. The van der Waals surface area contributed by atoms with Crippen molar-refractivity contribution in [2.45, 2.75) is 92.6 Å². The molecule has 3 atom stereocenters. The van der Waals surface area contributed by atoms with E-state index in [1.165, 1.54) is 25.7 Å². The SMILES string of the molecule is CC1CCC(C(C)C)C(OC(=O)C2(C)CCC(C(C)C)CC2)C1. The molecule has 0 bridgehead atoms. The van der Waals surface area contributed by atoms with Gasteiger partial charge in [0, 0.05) is 0 Å². The minimum Gasteiger partial charge on any atom is -0.462 e. The molecule has 2 heteroatoms. The Balaban J connectivity index is 1.97. The number of carbonyl (C=O) groups excluding carboxylic acids is 1. The van der Waals surface area contributed by atoms with E-state index < -0.39 is 0 Å². The Bertz CT molecular complexity index is 391. The summed E-state index contributed by atoms with van der Waals surface area (Å²) in [6.45, 7) is 13.6. The van der Waals surface area contributed by atoms with Gasteiger partial charge in [0.1, 0.15) is 6.10 Å². The van der Waals surface area contributed by atoms with Crippen LogP contribution in [-0.4, -0.2) is 12.1 Å². The maximum absolute atomic E-state index is 12.9. The van der Waals surface area contributed by atoms with E-state index >= 15 is 0 Å². The van der Waals surface area contributed by atoms with Crippen LogP contribution in [0.15, 0.2) is 0 Å². The highest BCUT2D eigenvalue weighted by molar-refractivity contribution is 5.76. The van der Waals surface area contributed by atoms with Crippen LogP contribution in [0.3, 0.4) is 0 Å². The normalized spacial score (nSPS) is 38.8. The Morgan fingerprint density at radius 1 is 1.00 bits per heavy atom. The molecule has 2 rings (SSSR count). The first-order chi connectivity index (χ1) is 10.7. The van der Waals surface area contributed by atoms with Crippen molar-refractivity contribution in [3.8, 4) is 0 Å². The molecular formula is C21H38O2. The first-order valence-electron chi connectivity index (χ1n) is 9.94. The molecule has 0 aromatic heterocycles. The monoisotopic (exact) mass is 322 g/mol. The molecule has 2 saturated carbocycles. The van der Waals surface area contributed by atoms with Crippen molar-refractivity contribution in [2.75, 3.05) is 0 Å². The fourth-order valence-corrected chi connectivity index (χ4v) is 4.68. The number of hydrogen-bond acceptors (Lipinski definition) is 2. The van der Waals surface area contributed by atoms with Crippen molar-refractivity contribution in [3.05, 3.63) is 0 Å². The van der Waals surface area contributed by atoms with Gasteiger partial charge in [-0.3, -0.25) is 4.79 Å². The third kappa shape index (κ3) is 4.51. The summed E-state index contributed by atoms with van der Waals surface area (Å²) in [5.41, 5.74) is -0.242. The lowest BCUT2D eigenvalue weighted by atomic mass is 9.69. The van der Waals surface area contributed by atoms with Gasteiger partial charge in [-0.15, -0.1) is 0 Å². The van der Waals surface area contributed by atoms with Gasteiger partial charge in [-0.2, -0.15) is 0 Å². The zero-order chi connectivity index (χ0) is 17.2. The van der Waals surface area contributed by atoms with E-state index in [0.717, 1.165) is 31.1 Å². The minimum atomic E-state index is -0.242. The van der Waals surface area contributed by atoms with Crippen LogP contribution >= 0.6 is 0 Å². The van der Waals surface area contributed by atoms with E-state index in [4.69, 9.17) is 4.74 Å². The van der Waals surface area contributed by atoms with E-state index in [1.807, 2.05) is 0 Å². The highest BCUT2D eigenvalue weighted by Gasteiger charge is 2.42. The smallest absolute Gasteiger partial charge is 0.312 e. The molecule has 0 amide bonds. The summed E-state index contributed by atoms with van der Waals surface area (Å²) < 4.78 is 6.13. The summed E-state index contributed by atoms with van der Waals surface area (Å²) in [6.07, 6.45) is 8.06. The van der Waals surface area contributed by atoms with Crippen LogP contribution in [0.2, 0.25) is 0 Å². The van der Waals surface area contributed by atoms with Crippen LogP contribution in [0.4, 0.5) is 0 Å². The lowest BCUT2D eigenvalue weighted by Crippen LogP contribution is -2.41. The summed E-state index contributed by atoms with van der Waals surface area (Å²) in [6, 6.07) is 0. The topological polar surface area (TPSA) is 26.3 Å². The predicted octanol–water partition coefficient (Wildman–Crippen LogP) is 5.84. The number of rotatable bonds is 4. The number of esters is 1. The Morgan fingerprint density at radius 3 is 2.13 bits per heavy atom. The van der Waals surface area contributed by atoms with Crippen molar-refractivity contribution >= 4 is 5.97 Å². The van der Waals surface area contributed by atoms with Crippen LogP contribution < -0.4 is 0 Å². The molecule has 2 nitrogen and oxygen atoms in total. The first-order valence-corrected chi connectivity index (χ1v) is 9.94. The second kappa shape index (κ2) is 7.57. The third-order valence-corrected chi connectivity index (χ3v) is 6.79. The average Bonchev–Trinajstić information content (AvgIpc) is 2.47. The van der Waals surface area contributed by atoms with Gasteiger partial charge in [0.2, 0.25) is 0 Å². The molecule has 0 heterocycles. The quantitative estimate of drug-likeness (QED) is 0.607. The predicted molar refractivity (Wildman–Crippen MR) is 96.1 cm³/mol. The molecule has 2 aliphatic carbocycles. The highest BCUT2D eigenvalue weighted by atomic mass is 16.5. The second-order valence-corrected chi connectivity index (χ2v) is 9.41. The molecule has 2 fully saturated rings. The molecule has 0 saturated heterocycles. The molecule has 3 unspecified atom stereocenters. The molecule has 134 valence electrons. The standard InChI is InChI=1S/C21H38O2/c1-14(2)17-9-11-21(6,12-10-17)20(22)23-19-13-16(5)7-8-18(19)15(3)4/h14-19H,7-13H2,1-6H3.